The van der Waals surface area contributed by atoms with Crippen LogP contribution in [0.2, 0.25) is 0 Å². The number of thiazole rings is 1. The van der Waals surface area contributed by atoms with Crippen LogP contribution in [0, 0.1) is 0 Å². The molecular weight excluding hydrogens is 516 g/mol. The van der Waals surface area contributed by atoms with Crippen LogP contribution in [0.3, 0.4) is 0 Å². The highest BCUT2D eigenvalue weighted by Crippen LogP contribution is 2.33. The zero-order valence-corrected chi connectivity index (χ0v) is 19.9. The van der Waals surface area contributed by atoms with Gasteiger partial charge in [-0.15, -0.1) is 11.3 Å². The molecule has 1 heterocycles. The van der Waals surface area contributed by atoms with E-state index in [0.717, 1.165) is 37.9 Å². The van der Waals surface area contributed by atoms with Crippen molar-refractivity contribution < 1.29 is 9.59 Å². The first-order chi connectivity index (χ1) is 14.0. The summed E-state index contributed by atoms with van der Waals surface area (Å²) in [6.07, 6.45) is 2.20. The molecule has 1 N–H and O–H groups in total. The van der Waals surface area contributed by atoms with Crippen molar-refractivity contribution in [2.75, 3.05) is 5.32 Å². The molecule has 0 atom stereocenters. The van der Waals surface area contributed by atoms with Crippen molar-refractivity contribution in [3.8, 4) is 11.3 Å². The number of aryl methyl sites for hydroxylation is 1. The number of rotatable bonds is 8. The van der Waals surface area contributed by atoms with Gasteiger partial charge in [0.15, 0.2) is 10.9 Å². The second-order valence-electron chi connectivity index (χ2n) is 6.53. The number of ketones is 1. The van der Waals surface area contributed by atoms with Gasteiger partial charge in [-0.1, -0.05) is 69.5 Å². The van der Waals surface area contributed by atoms with E-state index in [9.17, 15) is 9.59 Å². The molecule has 0 bridgehead atoms. The van der Waals surface area contributed by atoms with Crippen molar-refractivity contribution in [3.63, 3.8) is 0 Å². The number of carbonyl (C=O) groups excluding carboxylic acids is 2. The molecule has 7 heteroatoms. The highest BCUT2D eigenvalue weighted by atomic mass is 79.9. The Morgan fingerprint density at radius 3 is 2.21 bits per heavy atom. The van der Waals surface area contributed by atoms with Crippen molar-refractivity contribution >= 4 is 60.0 Å². The number of nitrogens with one attached hydrogen (secondary N) is 1. The third-order valence-corrected chi connectivity index (χ3v) is 6.37. The van der Waals surface area contributed by atoms with Gasteiger partial charge in [0.25, 0.3) is 0 Å². The molecule has 4 nitrogen and oxygen atoms in total. The largest absolute Gasteiger partial charge is 0.302 e. The van der Waals surface area contributed by atoms with Crippen molar-refractivity contribution in [1.29, 1.82) is 0 Å². The van der Waals surface area contributed by atoms with Crippen LogP contribution in [0.1, 0.15) is 41.4 Å². The Labute approximate surface area is 191 Å². The second-order valence-corrected chi connectivity index (χ2v) is 9.44. The Hall–Kier alpha value is -1.83. The van der Waals surface area contributed by atoms with E-state index in [1.807, 2.05) is 36.4 Å². The van der Waals surface area contributed by atoms with Gasteiger partial charge in [-0.3, -0.25) is 9.59 Å². The summed E-state index contributed by atoms with van der Waals surface area (Å²) in [7, 11) is 0. The molecule has 1 aromatic heterocycles. The average molecular weight is 536 g/mol. The van der Waals surface area contributed by atoms with Crippen LogP contribution in [0.25, 0.3) is 11.3 Å². The maximum atomic E-state index is 12.4. The first-order valence-electron chi connectivity index (χ1n) is 9.30. The molecule has 0 saturated heterocycles. The number of Topliss-reactive ketones (excluding diaryl/α,β-unsaturated/α-hetero) is 1. The molecule has 3 rings (SSSR count). The summed E-state index contributed by atoms with van der Waals surface area (Å²) in [5.41, 5.74) is 2.54. The van der Waals surface area contributed by atoms with E-state index in [4.69, 9.17) is 0 Å². The van der Waals surface area contributed by atoms with E-state index >= 15 is 0 Å². The lowest BCUT2D eigenvalue weighted by atomic mass is 10.1. The Morgan fingerprint density at radius 1 is 0.966 bits per heavy atom. The summed E-state index contributed by atoms with van der Waals surface area (Å²) in [6, 6.07) is 15.2. The van der Waals surface area contributed by atoms with Crippen molar-refractivity contribution in [2.24, 2.45) is 0 Å². The summed E-state index contributed by atoms with van der Waals surface area (Å²) >= 11 is 8.30. The van der Waals surface area contributed by atoms with Crippen LogP contribution >= 0.6 is 43.2 Å². The molecule has 3 aromatic rings. The van der Waals surface area contributed by atoms with Crippen molar-refractivity contribution in [1.82, 2.24) is 4.98 Å². The number of amides is 1. The lowest BCUT2D eigenvalue weighted by Gasteiger charge is -2.02. The van der Waals surface area contributed by atoms with E-state index in [2.05, 4.69) is 49.1 Å². The van der Waals surface area contributed by atoms with Gasteiger partial charge in [0.2, 0.25) is 5.91 Å². The molecular formula is C22H20Br2N2O2S. The predicted octanol–water partition coefficient (Wildman–Crippen LogP) is 6.89. The SMILES string of the molecule is CCCc1sc(NC(=O)CCC(=O)c2ccc(Br)cc2)nc1-c1ccc(Br)cc1. The highest BCUT2D eigenvalue weighted by molar-refractivity contribution is 9.10. The molecule has 0 spiro atoms. The highest BCUT2D eigenvalue weighted by Gasteiger charge is 2.15. The first kappa shape index (κ1) is 21.9. The molecule has 2 aromatic carbocycles. The van der Waals surface area contributed by atoms with Crippen LogP contribution < -0.4 is 5.32 Å². The van der Waals surface area contributed by atoms with Gasteiger partial charge < -0.3 is 5.32 Å². The number of hydrogen-bond acceptors (Lipinski definition) is 4. The molecule has 0 aliphatic rings. The van der Waals surface area contributed by atoms with Crippen LogP contribution in [-0.2, 0) is 11.2 Å². The normalized spacial score (nSPS) is 10.7. The van der Waals surface area contributed by atoms with Gasteiger partial charge in [0.05, 0.1) is 5.69 Å². The summed E-state index contributed by atoms with van der Waals surface area (Å²) < 4.78 is 1.93. The number of benzene rings is 2. The van der Waals surface area contributed by atoms with Gasteiger partial charge in [-0.2, -0.15) is 0 Å². The van der Waals surface area contributed by atoms with Crippen molar-refractivity contribution in [3.05, 3.63) is 67.9 Å². The minimum absolute atomic E-state index is 0.0472. The van der Waals surface area contributed by atoms with Gasteiger partial charge in [0, 0.05) is 37.8 Å². The molecule has 29 heavy (non-hydrogen) atoms. The summed E-state index contributed by atoms with van der Waals surface area (Å²) in [4.78, 5) is 30.4. The molecule has 0 aliphatic heterocycles. The standard InChI is InChI=1S/C22H20Br2N2O2S/c1-2-3-19-21(15-6-10-17(24)11-7-15)26-22(29-19)25-20(28)13-12-18(27)14-4-8-16(23)9-5-14/h4-11H,2-3,12-13H2,1H3,(H,25,26,28). The lowest BCUT2D eigenvalue weighted by molar-refractivity contribution is -0.116. The first-order valence-corrected chi connectivity index (χ1v) is 11.7. The number of nitrogens with zero attached hydrogens (tertiary/aromatic N) is 1. The molecule has 0 aliphatic carbocycles. The Balaban J connectivity index is 1.65. The predicted molar refractivity (Wildman–Crippen MR) is 126 cm³/mol. The maximum absolute atomic E-state index is 12.4. The van der Waals surface area contributed by atoms with Gasteiger partial charge in [-0.05, 0) is 30.7 Å². The Morgan fingerprint density at radius 2 is 1.59 bits per heavy atom. The molecule has 0 fully saturated rings. The topological polar surface area (TPSA) is 59.1 Å². The van der Waals surface area contributed by atoms with Gasteiger partial charge >= 0.3 is 0 Å². The zero-order chi connectivity index (χ0) is 20.8. The molecule has 150 valence electrons. The number of anilines is 1. The van der Waals surface area contributed by atoms with Crippen molar-refractivity contribution in [2.45, 2.75) is 32.6 Å². The van der Waals surface area contributed by atoms with Crippen LogP contribution in [-0.4, -0.2) is 16.7 Å². The lowest BCUT2D eigenvalue weighted by Crippen LogP contribution is -2.13. The summed E-state index contributed by atoms with van der Waals surface area (Å²) in [5.74, 6) is -0.247. The van der Waals surface area contributed by atoms with Gasteiger partial charge in [0.1, 0.15) is 0 Å². The van der Waals surface area contributed by atoms with E-state index < -0.39 is 0 Å². The Kier molecular flexibility index (Phi) is 7.75. The Bertz CT molecular complexity index is 999. The van der Waals surface area contributed by atoms with Crippen LogP contribution in [0.15, 0.2) is 57.5 Å². The maximum Gasteiger partial charge on any atom is 0.226 e. The zero-order valence-electron chi connectivity index (χ0n) is 15.9. The van der Waals surface area contributed by atoms with Gasteiger partial charge in [-0.25, -0.2) is 4.98 Å². The number of halogens is 2. The number of hydrogen-bond donors (Lipinski definition) is 1. The summed E-state index contributed by atoms with van der Waals surface area (Å²) in [6.45, 7) is 2.12. The molecule has 0 saturated carbocycles. The summed E-state index contributed by atoms with van der Waals surface area (Å²) in [5, 5.41) is 3.43. The molecule has 0 unspecified atom stereocenters. The van der Waals surface area contributed by atoms with Crippen LogP contribution in [0.5, 0.6) is 0 Å². The fourth-order valence-electron chi connectivity index (χ4n) is 2.82. The fourth-order valence-corrected chi connectivity index (χ4v) is 4.45. The molecule has 1 amide bonds. The quantitative estimate of drug-likeness (QED) is 0.319. The minimum atomic E-state index is -0.199. The number of aromatic nitrogens is 1. The second kappa shape index (κ2) is 10.3. The van der Waals surface area contributed by atoms with Crippen LogP contribution in [0.4, 0.5) is 5.13 Å². The number of carbonyl (C=O) groups is 2. The third kappa shape index (κ3) is 6.07. The van der Waals surface area contributed by atoms with E-state index in [1.54, 1.807) is 12.1 Å². The molecule has 0 radical (unpaired) electrons. The third-order valence-electron chi connectivity index (χ3n) is 4.28. The van der Waals surface area contributed by atoms with E-state index in [-0.39, 0.29) is 24.5 Å². The smallest absolute Gasteiger partial charge is 0.226 e. The monoisotopic (exact) mass is 534 g/mol. The minimum Gasteiger partial charge on any atom is -0.302 e. The van der Waals surface area contributed by atoms with E-state index in [1.165, 1.54) is 11.3 Å². The van der Waals surface area contributed by atoms with E-state index in [0.29, 0.717) is 10.7 Å². The fraction of sp³-hybridized carbons (Fsp3) is 0.227. The average Bonchev–Trinajstić information content (AvgIpc) is 3.09.